The summed E-state index contributed by atoms with van der Waals surface area (Å²) in [5.41, 5.74) is 2.64. The first-order valence-electron chi connectivity index (χ1n) is 10.7. The van der Waals surface area contributed by atoms with E-state index in [1.807, 2.05) is 10.6 Å². The van der Waals surface area contributed by atoms with Gasteiger partial charge in [-0.3, -0.25) is 9.59 Å². The summed E-state index contributed by atoms with van der Waals surface area (Å²) < 4.78 is 1.90. The predicted molar refractivity (Wildman–Crippen MR) is 106 cm³/mol. The van der Waals surface area contributed by atoms with E-state index in [0.29, 0.717) is 11.5 Å². The number of carbonyl (C=O) groups is 1. The van der Waals surface area contributed by atoms with Crippen LogP contribution in [0.5, 0.6) is 0 Å². The second-order valence-corrected chi connectivity index (χ2v) is 8.21. The van der Waals surface area contributed by atoms with E-state index >= 15 is 0 Å². The number of nitrogens with one attached hydrogen (secondary N) is 1. The number of unbranched alkanes of at least 4 members (excludes halogenated alkanes) is 1. The molecule has 1 amide bonds. The largest absolute Gasteiger partial charge is 0.349 e. The summed E-state index contributed by atoms with van der Waals surface area (Å²) in [6.07, 6.45) is 12.5. The normalized spacial score (nSPS) is 19.0. The van der Waals surface area contributed by atoms with Crippen molar-refractivity contribution in [1.29, 1.82) is 0 Å². The van der Waals surface area contributed by atoms with Gasteiger partial charge in [0.25, 0.3) is 11.5 Å². The molecule has 1 N–H and O–H groups in total. The lowest BCUT2D eigenvalue weighted by Crippen LogP contribution is -2.42. The first kappa shape index (κ1) is 19.2. The molecule has 144 valence electrons. The highest BCUT2D eigenvalue weighted by Crippen LogP contribution is 2.26. The Bertz CT molecular complexity index is 686. The number of amides is 1. The molecule has 26 heavy (non-hydrogen) atoms. The van der Waals surface area contributed by atoms with Gasteiger partial charge in [0.1, 0.15) is 5.56 Å². The van der Waals surface area contributed by atoms with E-state index in [1.165, 1.54) is 43.4 Å². The molecule has 1 fully saturated rings. The van der Waals surface area contributed by atoms with Gasteiger partial charge in [-0.2, -0.15) is 0 Å². The topological polar surface area (TPSA) is 51.1 Å². The van der Waals surface area contributed by atoms with Crippen molar-refractivity contribution in [3.8, 4) is 0 Å². The van der Waals surface area contributed by atoms with Gasteiger partial charge in [-0.25, -0.2) is 0 Å². The summed E-state index contributed by atoms with van der Waals surface area (Å²) in [5, 5.41) is 3.14. The van der Waals surface area contributed by atoms with Gasteiger partial charge >= 0.3 is 0 Å². The summed E-state index contributed by atoms with van der Waals surface area (Å²) in [5.74, 6) is 0.374. The van der Waals surface area contributed by atoms with E-state index in [-0.39, 0.29) is 17.5 Å². The number of aromatic nitrogens is 1. The van der Waals surface area contributed by atoms with E-state index in [4.69, 9.17) is 0 Å². The van der Waals surface area contributed by atoms with Crippen LogP contribution in [0.25, 0.3) is 0 Å². The molecule has 1 aromatic rings. The van der Waals surface area contributed by atoms with Gasteiger partial charge in [-0.15, -0.1) is 0 Å². The molecular formula is C22H34N2O2. The lowest BCUT2D eigenvalue weighted by atomic mass is 9.84. The molecule has 4 heteroatoms. The molecule has 0 aromatic carbocycles. The zero-order valence-corrected chi connectivity index (χ0v) is 16.5. The van der Waals surface area contributed by atoms with Crippen LogP contribution in [0.1, 0.15) is 93.3 Å². The zero-order valence-electron chi connectivity index (χ0n) is 16.5. The van der Waals surface area contributed by atoms with Gasteiger partial charge in [-0.05, 0) is 69.4 Å². The minimum absolute atomic E-state index is 0.0903. The van der Waals surface area contributed by atoms with E-state index < -0.39 is 0 Å². The van der Waals surface area contributed by atoms with Crippen molar-refractivity contribution in [3.63, 3.8) is 0 Å². The highest BCUT2D eigenvalue weighted by atomic mass is 16.2. The van der Waals surface area contributed by atoms with Crippen molar-refractivity contribution >= 4 is 5.91 Å². The average molecular weight is 359 g/mol. The Kier molecular flexibility index (Phi) is 6.55. The third kappa shape index (κ3) is 4.21. The smallest absolute Gasteiger partial charge is 0.263 e. The van der Waals surface area contributed by atoms with Crippen LogP contribution in [0, 0.1) is 5.92 Å². The second-order valence-electron chi connectivity index (χ2n) is 8.21. The Labute approximate surface area is 157 Å². The maximum Gasteiger partial charge on any atom is 0.263 e. The van der Waals surface area contributed by atoms with E-state index in [2.05, 4.69) is 19.2 Å². The molecule has 0 radical (unpaired) electrons. The van der Waals surface area contributed by atoms with Crippen LogP contribution < -0.4 is 10.9 Å². The average Bonchev–Trinajstić information content (AvgIpc) is 2.67. The highest BCUT2D eigenvalue weighted by molar-refractivity contribution is 5.94. The first-order valence-corrected chi connectivity index (χ1v) is 10.7. The molecule has 0 bridgehead atoms. The number of pyridine rings is 1. The summed E-state index contributed by atoms with van der Waals surface area (Å²) in [6.45, 7) is 4.97. The van der Waals surface area contributed by atoms with E-state index in [1.54, 1.807) is 0 Å². The van der Waals surface area contributed by atoms with Crippen molar-refractivity contribution < 1.29 is 4.79 Å². The summed E-state index contributed by atoms with van der Waals surface area (Å²) in [6, 6.07) is 2.03. The Hall–Kier alpha value is -1.58. The van der Waals surface area contributed by atoms with Crippen LogP contribution in [0.2, 0.25) is 0 Å². The van der Waals surface area contributed by atoms with Gasteiger partial charge in [0, 0.05) is 18.3 Å². The third-order valence-electron chi connectivity index (χ3n) is 6.30. The number of carbonyl (C=O) groups excluding carboxylic acids is 1. The molecule has 3 rings (SSSR count). The number of nitrogens with zero attached hydrogens (tertiary/aromatic N) is 1. The first-order chi connectivity index (χ1) is 12.6. The van der Waals surface area contributed by atoms with Gasteiger partial charge < -0.3 is 9.88 Å². The van der Waals surface area contributed by atoms with E-state index in [0.717, 1.165) is 45.1 Å². The molecule has 1 saturated carbocycles. The lowest BCUT2D eigenvalue weighted by molar-refractivity contribution is 0.0917. The van der Waals surface area contributed by atoms with Gasteiger partial charge in [0.05, 0.1) is 0 Å². The van der Waals surface area contributed by atoms with Crippen molar-refractivity contribution in [3.05, 3.63) is 33.2 Å². The van der Waals surface area contributed by atoms with Crippen LogP contribution in [0.15, 0.2) is 10.9 Å². The minimum Gasteiger partial charge on any atom is -0.349 e. The molecule has 0 saturated heterocycles. The Balaban J connectivity index is 1.83. The molecule has 1 atom stereocenters. The number of rotatable bonds is 6. The minimum atomic E-state index is -0.174. The highest BCUT2D eigenvalue weighted by Gasteiger charge is 2.25. The summed E-state index contributed by atoms with van der Waals surface area (Å²) in [4.78, 5) is 26.0. The van der Waals surface area contributed by atoms with Gasteiger partial charge in [0.15, 0.2) is 0 Å². The van der Waals surface area contributed by atoms with Crippen molar-refractivity contribution in [2.45, 2.75) is 97.1 Å². The van der Waals surface area contributed by atoms with E-state index in [9.17, 15) is 9.59 Å². The maximum absolute atomic E-state index is 13.0. The van der Waals surface area contributed by atoms with Gasteiger partial charge in [-0.1, -0.05) is 32.6 Å². The van der Waals surface area contributed by atoms with Crippen molar-refractivity contribution in [1.82, 2.24) is 9.88 Å². The number of hydrogen-bond acceptors (Lipinski definition) is 2. The molecule has 1 aromatic heterocycles. The molecule has 0 aliphatic heterocycles. The number of hydrogen-bond donors (Lipinski definition) is 1. The Morgan fingerprint density at radius 1 is 1.19 bits per heavy atom. The molecular weight excluding hydrogens is 324 g/mol. The Morgan fingerprint density at radius 3 is 2.65 bits per heavy atom. The van der Waals surface area contributed by atoms with Crippen LogP contribution in [-0.4, -0.2) is 16.5 Å². The number of aryl methyl sites for hydroxylation is 1. The third-order valence-corrected chi connectivity index (χ3v) is 6.30. The maximum atomic E-state index is 13.0. The monoisotopic (exact) mass is 358 g/mol. The fourth-order valence-corrected chi connectivity index (χ4v) is 4.63. The SMILES string of the molecule is CCCCn1c2c(cc(C(=O)NC(C)C3CCCCC3)c1=O)CCCC2. The fraction of sp³-hybridized carbons (Fsp3) is 0.727. The van der Waals surface area contributed by atoms with Crippen LogP contribution in [0.4, 0.5) is 0 Å². The molecule has 0 spiro atoms. The zero-order chi connectivity index (χ0) is 18.5. The quantitative estimate of drug-likeness (QED) is 0.827. The Morgan fingerprint density at radius 2 is 1.92 bits per heavy atom. The standard InChI is InChI=1S/C22H34N2O2/c1-3-4-14-24-20-13-9-8-12-18(20)15-19(22(24)26)21(25)23-16(2)17-10-6-5-7-11-17/h15-17H,3-14H2,1-2H3,(H,23,25). The second kappa shape index (κ2) is 8.88. The predicted octanol–water partition coefficient (Wildman–Crippen LogP) is 4.23. The van der Waals surface area contributed by atoms with Crippen LogP contribution in [-0.2, 0) is 19.4 Å². The fourth-order valence-electron chi connectivity index (χ4n) is 4.63. The summed E-state index contributed by atoms with van der Waals surface area (Å²) in [7, 11) is 0. The molecule has 2 aliphatic rings. The lowest BCUT2D eigenvalue weighted by Gasteiger charge is -2.28. The van der Waals surface area contributed by atoms with Gasteiger partial charge in [0.2, 0.25) is 0 Å². The van der Waals surface area contributed by atoms with Crippen molar-refractivity contribution in [2.75, 3.05) is 0 Å². The van der Waals surface area contributed by atoms with Crippen LogP contribution >= 0.6 is 0 Å². The molecule has 1 unspecified atom stereocenters. The van der Waals surface area contributed by atoms with Crippen molar-refractivity contribution in [2.24, 2.45) is 5.92 Å². The molecule has 4 nitrogen and oxygen atoms in total. The number of fused-ring (bicyclic) bond motifs is 1. The van der Waals surface area contributed by atoms with Crippen LogP contribution in [0.3, 0.4) is 0 Å². The molecule has 2 aliphatic carbocycles. The summed E-state index contributed by atoms with van der Waals surface area (Å²) >= 11 is 0. The molecule has 1 heterocycles.